The summed E-state index contributed by atoms with van der Waals surface area (Å²) in [5, 5.41) is 0. The lowest BCUT2D eigenvalue weighted by Crippen LogP contribution is -2.43. The second-order valence-electron chi connectivity index (χ2n) is 5.20. The molecule has 0 bridgehead atoms. The maximum absolute atomic E-state index is 5.90. The number of benzene rings is 1. The summed E-state index contributed by atoms with van der Waals surface area (Å²) in [4.78, 5) is 2.53. The quantitative estimate of drug-likeness (QED) is 0.721. The van der Waals surface area contributed by atoms with Crippen LogP contribution in [0.1, 0.15) is 12.0 Å². The minimum absolute atomic E-state index is 0.310. The first-order chi connectivity index (χ1) is 9.81. The van der Waals surface area contributed by atoms with E-state index in [1.165, 1.54) is 24.3 Å². The normalized spacial score (nSPS) is 20.0. The third kappa shape index (κ3) is 5.00. The highest BCUT2D eigenvalue weighted by Gasteiger charge is 2.20. The molecule has 0 unspecified atom stereocenters. The molecule has 0 aromatic heterocycles. The van der Waals surface area contributed by atoms with Gasteiger partial charge in [0.05, 0.1) is 19.8 Å². The molecule has 1 aromatic carbocycles. The van der Waals surface area contributed by atoms with E-state index in [9.17, 15) is 0 Å². The SMILES string of the molecule is COc1cccc(C[C@@H]2CN(CCCSC)CCO2)c1. The van der Waals surface area contributed by atoms with Crippen molar-refractivity contribution in [2.24, 2.45) is 0 Å². The molecule has 0 spiro atoms. The number of morpholine rings is 1. The van der Waals surface area contributed by atoms with Crippen LogP contribution in [-0.2, 0) is 11.2 Å². The van der Waals surface area contributed by atoms with Gasteiger partial charge >= 0.3 is 0 Å². The summed E-state index contributed by atoms with van der Waals surface area (Å²) in [6.45, 7) is 4.17. The van der Waals surface area contributed by atoms with Crippen molar-refractivity contribution in [2.75, 3.05) is 45.4 Å². The first-order valence-electron chi connectivity index (χ1n) is 7.27. The zero-order chi connectivity index (χ0) is 14.2. The molecule has 1 aromatic rings. The van der Waals surface area contributed by atoms with Crippen LogP contribution < -0.4 is 4.74 Å². The number of methoxy groups -OCH3 is 1. The molecule has 112 valence electrons. The standard InChI is InChI=1S/C16H25NO2S/c1-18-15-6-3-5-14(11-15)12-16-13-17(8-9-19-16)7-4-10-20-2/h3,5-6,11,16H,4,7-10,12-13H2,1-2H3/t16-/m1/s1. The van der Waals surface area contributed by atoms with E-state index in [-0.39, 0.29) is 0 Å². The van der Waals surface area contributed by atoms with Gasteiger partial charge in [0, 0.05) is 19.5 Å². The van der Waals surface area contributed by atoms with Gasteiger partial charge in [0.2, 0.25) is 0 Å². The Morgan fingerprint density at radius 3 is 3.15 bits per heavy atom. The minimum Gasteiger partial charge on any atom is -0.497 e. The highest BCUT2D eigenvalue weighted by Crippen LogP contribution is 2.17. The Hall–Kier alpha value is -0.710. The second kappa shape index (κ2) is 8.55. The molecule has 1 saturated heterocycles. The molecule has 1 aliphatic heterocycles. The zero-order valence-corrected chi connectivity index (χ0v) is 13.3. The number of thioether (sulfide) groups is 1. The van der Waals surface area contributed by atoms with E-state index in [4.69, 9.17) is 9.47 Å². The molecular weight excluding hydrogens is 270 g/mol. The third-order valence-corrected chi connectivity index (χ3v) is 4.34. The van der Waals surface area contributed by atoms with Crippen molar-refractivity contribution in [2.45, 2.75) is 18.9 Å². The lowest BCUT2D eigenvalue weighted by atomic mass is 10.1. The molecule has 0 N–H and O–H groups in total. The lowest BCUT2D eigenvalue weighted by molar-refractivity contribution is -0.0273. The van der Waals surface area contributed by atoms with Crippen LogP contribution >= 0.6 is 11.8 Å². The molecule has 4 heteroatoms. The molecule has 0 amide bonds. The first-order valence-corrected chi connectivity index (χ1v) is 8.67. The summed E-state index contributed by atoms with van der Waals surface area (Å²) in [7, 11) is 1.71. The van der Waals surface area contributed by atoms with Crippen LogP contribution in [-0.4, -0.2) is 56.4 Å². The number of nitrogens with zero attached hydrogens (tertiary/aromatic N) is 1. The van der Waals surface area contributed by atoms with Gasteiger partial charge < -0.3 is 9.47 Å². The number of ether oxygens (including phenoxy) is 2. The summed E-state index contributed by atoms with van der Waals surface area (Å²) in [5.41, 5.74) is 1.29. The van der Waals surface area contributed by atoms with E-state index in [0.29, 0.717) is 6.10 Å². The predicted molar refractivity (Wildman–Crippen MR) is 85.9 cm³/mol. The summed E-state index contributed by atoms with van der Waals surface area (Å²) in [5.74, 6) is 2.17. The van der Waals surface area contributed by atoms with Gasteiger partial charge in [-0.3, -0.25) is 4.90 Å². The van der Waals surface area contributed by atoms with E-state index in [2.05, 4.69) is 23.3 Å². The first kappa shape index (κ1) is 15.7. The molecule has 0 radical (unpaired) electrons. The molecule has 1 heterocycles. The van der Waals surface area contributed by atoms with E-state index < -0.39 is 0 Å². The lowest BCUT2D eigenvalue weighted by Gasteiger charge is -2.33. The van der Waals surface area contributed by atoms with Gasteiger partial charge in [0.15, 0.2) is 0 Å². The Bertz CT molecular complexity index is 400. The Morgan fingerprint density at radius 2 is 2.35 bits per heavy atom. The molecule has 0 saturated carbocycles. The van der Waals surface area contributed by atoms with Crippen molar-refractivity contribution < 1.29 is 9.47 Å². The van der Waals surface area contributed by atoms with Crippen molar-refractivity contribution in [3.05, 3.63) is 29.8 Å². The predicted octanol–water partition coefficient (Wildman–Crippen LogP) is 2.69. The van der Waals surface area contributed by atoms with E-state index in [1.54, 1.807) is 7.11 Å². The van der Waals surface area contributed by atoms with Crippen molar-refractivity contribution >= 4 is 11.8 Å². The van der Waals surface area contributed by atoms with Crippen LogP contribution in [0.15, 0.2) is 24.3 Å². The van der Waals surface area contributed by atoms with Gasteiger partial charge in [-0.05, 0) is 42.7 Å². The monoisotopic (exact) mass is 295 g/mol. The summed E-state index contributed by atoms with van der Waals surface area (Å²) in [6, 6.07) is 8.29. The molecular formula is C16H25NO2S. The highest BCUT2D eigenvalue weighted by atomic mass is 32.2. The molecule has 1 fully saturated rings. The number of hydrogen-bond donors (Lipinski definition) is 0. The summed E-state index contributed by atoms with van der Waals surface area (Å²) >= 11 is 1.93. The van der Waals surface area contributed by atoms with Crippen LogP contribution in [0.3, 0.4) is 0 Å². The summed E-state index contributed by atoms with van der Waals surface area (Å²) < 4.78 is 11.2. The largest absolute Gasteiger partial charge is 0.497 e. The fraction of sp³-hybridized carbons (Fsp3) is 0.625. The molecule has 1 atom stereocenters. The Labute approximate surface area is 126 Å². The smallest absolute Gasteiger partial charge is 0.119 e. The van der Waals surface area contributed by atoms with Crippen molar-refractivity contribution in [3.8, 4) is 5.75 Å². The van der Waals surface area contributed by atoms with Crippen molar-refractivity contribution in [1.82, 2.24) is 4.90 Å². The van der Waals surface area contributed by atoms with Crippen LogP contribution in [0.2, 0.25) is 0 Å². The van der Waals surface area contributed by atoms with Crippen LogP contribution in [0, 0.1) is 0 Å². The molecule has 2 rings (SSSR count). The van der Waals surface area contributed by atoms with Gasteiger partial charge in [0.1, 0.15) is 5.75 Å². The fourth-order valence-electron chi connectivity index (χ4n) is 2.60. The van der Waals surface area contributed by atoms with Gasteiger partial charge in [-0.1, -0.05) is 12.1 Å². The number of hydrogen-bond acceptors (Lipinski definition) is 4. The van der Waals surface area contributed by atoms with Crippen LogP contribution in [0.5, 0.6) is 5.75 Å². The van der Waals surface area contributed by atoms with E-state index >= 15 is 0 Å². The topological polar surface area (TPSA) is 21.7 Å². The van der Waals surface area contributed by atoms with Crippen LogP contribution in [0.4, 0.5) is 0 Å². The zero-order valence-electron chi connectivity index (χ0n) is 12.5. The van der Waals surface area contributed by atoms with Gasteiger partial charge in [-0.25, -0.2) is 0 Å². The molecule has 3 nitrogen and oxygen atoms in total. The Kier molecular flexibility index (Phi) is 6.70. The molecule has 0 aliphatic carbocycles. The van der Waals surface area contributed by atoms with E-state index in [0.717, 1.165) is 31.9 Å². The minimum atomic E-state index is 0.310. The Morgan fingerprint density at radius 1 is 1.45 bits per heavy atom. The van der Waals surface area contributed by atoms with Crippen LogP contribution in [0.25, 0.3) is 0 Å². The van der Waals surface area contributed by atoms with Crippen molar-refractivity contribution in [1.29, 1.82) is 0 Å². The molecule has 20 heavy (non-hydrogen) atoms. The van der Waals surface area contributed by atoms with Crippen molar-refractivity contribution in [3.63, 3.8) is 0 Å². The maximum Gasteiger partial charge on any atom is 0.119 e. The van der Waals surface area contributed by atoms with Gasteiger partial charge in [-0.2, -0.15) is 11.8 Å². The average Bonchev–Trinajstić information content (AvgIpc) is 2.48. The molecule has 1 aliphatic rings. The fourth-order valence-corrected chi connectivity index (χ4v) is 3.02. The van der Waals surface area contributed by atoms with Gasteiger partial charge in [0.25, 0.3) is 0 Å². The van der Waals surface area contributed by atoms with Gasteiger partial charge in [-0.15, -0.1) is 0 Å². The Balaban J connectivity index is 1.82. The van der Waals surface area contributed by atoms with E-state index in [1.807, 2.05) is 23.9 Å². The maximum atomic E-state index is 5.90. The third-order valence-electron chi connectivity index (χ3n) is 3.64. The second-order valence-corrected chi connectivity index (χ2v) is 6.18. The number of rotatable bonds is 7. The highest BCUT2D eigenvalue weighted by molar-refractivity contribution is 7.98. The average molecular weight is 295 g/mol. The summed E-state index contributed by atoms with van der Waals surface area (Å²) in [6.07, 6.45) is 4.72.